The normalized spacial score (nSPS) is 20.7. The van der Waals surface area contributed by atoms with E-state index in [4.69, 9.17) is 0 Å². The van der Waals surface area contributed by atoms with Crippen LogP contribution in [-0.4, -0.2) is 69.3 Å². The van der Waals surface area contributed by atoms with E-state index in [9.17, 15) is 17.6 Å². The molecule has 6 nitrogen and oxygen atoms in total. The molecule has 2 aliphatic heterocycles. The number of hydrogen-bond donors (Lipinski definition) is 1. The zero-order valence-corrected chi connectivity index (χ0v) is 15.8. The molecule has 0 saturated carbocycles. The van der Waals surface area contributed by atoms with Gasteiger partial charge in [-0.25, -0.2) is 12.8 Å². The van der Waals surface area contributed by atoms with Crippen molar-refractivity contribution in [2.75, 3.05) is 45.8 Å². The highest BCUT2D eigenvalue weighted by atomic mass is 32.2. The van der Waals surface area contributed by atoms with Gasteiger partial charge in [0.15, 0.2) is 6.54 Å². The number of amides is 1. The van der Waals surface area contributed by atoms with E-state index in [1.807, 2.05) is 4.90 Å². The number of hydrogen-bond acceptors (Lipinski definition) is 3. The fourth-order valence-corrected chi connectivity index (χ4v) is 5.12. The smallest absolute Gasteiger partial charge is 0.277 e. The lowest BCUT2D eigenvalue weighted by Gasteiger charge is -2.32. The highest BCUT2D eigenvalue weighted by Gasteiger charge is 2.32. The Morgan fingerprint density at radius 1 is 1.04 bits per heavy atom. The van der Waals surface area contributed by atoms with Crippen molar-refractivity contribution in [1.82, 2.24) is 9.21 Å². The van der Waals surface area contributed by atoms with Crippen molar-refractivity contribution in [2.45, 2.75) is 30.6 Å². The molecular formula is C18H27FN3O3S+. The Labute approximate surface area is 154 Å². The lowest BCUT2D eigenvalue weighted by atomic mass is 10.2. The van der Waals surface area contributed by atoms with Gasteiger partial charge in [0, 0.05) is 13.1 Å². The molecule has 2 heterocycles. The summed E-state index contributed by atoms with van der Waals surface area (Å²) in [6, 6.07) is 5.11. The number of carbonyl (C=O) groups excluding carboxylic acids is 1. The molecule has 2 saturated heterocycles. The first-order chi connectivity index (χ1) is 12.5. The van der Waals surface area contributed by atoms with Crippen LogP contribution in [0, 0.1) is 5.82 Å². The van der Waals surface area contributed by atoms with Crippen molar-refractivity contribution in [3.05, 3.63) is 30.1 Å². The number of halogens is 1. The fourth-order valence-electron chi connectivity index (χ4n) is 3.64. The van der Waals surface area contributed by atoms with E-state index in [-0.39, 0.29) is 10.8 Å². The quantitative estimate of drug-likeness (QED) is 0.802. The average Bonchev–Trinajstić information content (AvgIpc) is 2.92. The SMILES string of the molecule is O=C(C[NH+]1CCN(S(=O)(=O)c2cccc(F)c2)CC1)N1CCCCCC1. The third kappa shape index (κ3) is 4.61. The van der Waals surface area contributed by atoms with E-state index in [1.165, 1.54) is 35.3 Å². The summed E-state index contributed by atoms with van der Waals surface area (Å²) < 4.78 is 40.0. The molecule has 1 N–H and O–H groups in total. The van der Waals surface area contributed by atoms with Crippen molar-refractivity contribution in [3.8, 4) is 0 Å². The van der Waals surface area contributed by atoms with E-state index in [1.54, 1.807) is 0 Å². The van der Waals surface area contributed by atoms with Gasteiger partial charge < -0.3 is 9.80 Å². The first-order valence-electron chi connectivity index (χ1n) is 9.34. The number of quaternary nitrogens is 1. The Morgan fingerprint density at radius 2 is 1.69 bits per heavy atom. The monoisotopic (exact) mass is 384 g/mol. The molecule has 0 spiro atoms. The molecule has 1 aromatic rings. The summed E-state index contributed by atoms with van der Waals surface area (Å²) in [4.78, 5) is 15.5. The van der Waals surface area contributed by atoms with E-state index in [0.717, 1.165) is 36.9 Å². The molecule has 3 rings (SSSR count). The number of rotatable bonds is 4. The summed E-state index contributed by atoms with van der Waals surface area (Å²) >= 11 is 0. The van der Waals surface area contributed by atoms with Crippen molar-refractivity contribution >= 4 is 15.9 Å². The first kappa shape index (κ1) is 19.3. The Kier molecular flexibility index (Phi) is 6.26. The highest BCUT2D eigenvalue weighted by molar-refractivity contribution is 7.89. The van der Waals surface area contributed by atoms with Crippen LogP contribution in [0.25, 0.3) is 0 Å². The van der Waals surface area contributed by atoms with Crippen molar-refractivity contribution in [1.29, 1.82) is 0 Å². The number of sulfonamides is 1. The Morgan fingerprint density at radius 3 is 2.31 bits per heavy atom. The zero-order valence-electron chi connectivity index (χ0n) is 15.0. The van der Waals surface area contributed by atoms with Gasteiger partial charge in [-0.05, 0) is 31.0 Å². The average molecular weight is 384 g/mol. The molecule has 0 aliphatic carbocycles. The number of carbonyl (C=O) groups is 1. The Hall–Kier alpha value is -1.51. The van der Waals surface area contributed by atoms with Crippen LogP contribution in [0.3, 0.4) is 0 Å². The molecule has 26 heavy (non-hydrogen) atoms. The topological polar surface area (TPSA) is 62.1 Å². The van der Waals surface area contributed by atoms with Gasteiger partial charge >= 0.3 is 0 Å². The van der Waals surface area contributed by atoms with Gasteiger partial charge in [-0.2, -0.15) is 4.31 Å². The zero-order chi connectivity index (χ0) is 18.6. The van der Waals surface area contributed by atoms with Crippen molar-refractivity contribution < 1.29 is 22.5 Å². The van der Waals surface area contributed by atoms with Gasteiger partial charge in [0.1, 0.15) is 5.82 Å². The van der Waals surface area contributed by atoms with Gasteiger partial charge in [-0.15, -0.1) is 0 Å². The van der Waals surface area contributed by atoms with Crippen LogP contribution in [0.4, 0.5) is 4.39 Å². The molecule has 0 atom stereocenters. The largest absolute Gasteiger partial charge is 0.338 e. The highest BCUT2D eigenvalue weighted by Crippen LogP contribution is 2.16. The summed E-state index contributed by atoms with van der Waals surface area (Å²) in [7, 11) is -3.68. The number of likely N-dealkylation sites (tertiary alicyclic amines) is 1. The van der Waals surface area contributed by atoms with Gasteiger partial charge in [0.25, 0.3) is 5.91 Å². The minimum absolute atomic E-state index is 0.0124. The van der Waals surface area contributed by atoms with Crippen LogP contribution in [-0.2, 0) is 14.8 Å². The predicted molar refractivity (Wildman–Crippen MR) is 95.8 cm³/mol. The summed E-state index contributed by atoms with van der Waals surface area (Å²) in [6.45, 7) is 3.98. The van der Waals surface area contributed by atoms with Gasteiger partial charge in [-0.1, -0.05) is 18.9 Å². The van der Waals surface area contributed by atoms with Crippen LogP contribution >= 0.6 is 0 Å². The third-order valence-electron chi connectivity index (χ3n) is 5.22. The molecule has 0 radical (unpaired) electrons. The molecule has 144 valence electrons. The maximum absolute atomic E-state index is 13.3. The number of nitrogens with one attached hydrogen (secondary N) is 1. The predicted octanol–water partition coefficient (Wildman–Crippen LogP) is 0.118. The van der Waals surface area contributed by atoms with E-state index in [0.29, 0.717) is 32.7 Å². The van der Waals surface area contributed by atoms with Crippen LogP contribution in [0.1, 0.15) is 25.7 Å². The summed E-state index contributed by atoms with van der Waals surface area (Å²) in [6.07, 6.45) is 4.52. The molecular weight excluding hydrogens is 357 g/mol. The molecule has 2 fully saturated rings. The minimum atomic E-state index is -3.68. The standard InChI is InChI=1S/C18H26FN3O3S/c19-16-6-5-7-17(14-16)26(24,25)22-12-10-20(11-13-22)15-18(23)21-8-3-1-2-4-9-21/h5-7,14H,1-4,8-13,15H2/p+1. The second kappa shape index (κ2) is 8.45. The van der Waals surface area contributed by atoms with Gasteiger partial charge in [-0.3, -0.25) is 4.79 Å². The van der Waals surface area contributed by atoms with Crippen molar-refractivity contribution in [3.63, 3.8) is 0 Å². The maximum Gasteiger partial charge on any atom is 0.277 e. The molecule has 1 amide bonds. The lowest BCUT2D eigenvalue weighted by Crippen LogP contribution is -3.15. The third-order valence-corrected chi connectivity index (χ3v) is 7.12. The second-order valence-electron chi connectivity index (χ2n) is 7.08. The van der Waals surface area contributed by atoms with Crippen LogP contribution < -0.4 is 4.90 Å². The lowest BCUT2D eigenvalue weighted by molar-refractivity contribution is -0.896. The van der Waals surface area contributed by atoms with E-state index in [2.05, 4.69) is 0 Å². The fraction of sp³-hybridized carbons (Fsp3) is 0.611. The minimum Gasteiger partial charge on any atom is -0.338 e. The molecule has 1 aromatic carbocycles. The second-order valence-corrected chi connectivity index (χ2v) is 9.02. The van der Waals surface area contributed by atoms with Crippen LogP contribution in [0.2, 0.25) is 0 Å². The van der Waals surface area contributed by atoms with Crippen molar-refractivity contribution in [2.24, 2.45) is 0 Å². The summed E-state index contributed by atoms with van der Waals surface area (Å²) in [5.74, 6) is -0.387. The van der Waals surface area contributed by atoms with E-state index < -0.39 is 15.8 Å². The summed E-state index contributed by atoms with van der Waals surface area (Å²) in [5, 5.41) is 0. The molecule has 8 heteroatoms. The first-order valence-corrected chi connectivity index (χ1v) is 10.8. The number of nitrogens with zero attached hydrogens (tertiary/aromatic N) is 2. The molecule has 0 unspecified atom stereocenters. The molecule has 0 aromatic heterocycles. The maximum atomic E-state index is 13.3. The number of piperazine rings is 1. The Bertz CT molecular complexity index is 725. The van der Waals surface area contributed by atoms with Crippen LogP contribution in [0.15, 0.2) is 29.2 Å². The Balaban J connectivity index is 1.54. The summed E-state index contributed by atoms with van der Waals surface area (Å²) in [5.41, 5.74) is 0. The van der Waals surface area contributed by atoms with Crippen LogP contribution in [0.5, 0.6) is 0 Å². The van der Waals surface area contributed by atoms with Gasteiger partial charge in [0.2, 0.25) is 10.0 Å². The number of benzene rings is 1. The van der Waals surface area contributed by atoms with E-state index >= 15 is 0 Å². The molecule has 0 bridgehead atoms. The van der Waals surface area contributed by atoms with Gasteiger partial charge in [0.05, 0.1) is 31.1 Å². The molecule has 2 aliphatic rings.